The lowest BCUT2D eigenvalue weighted by Gasteiger charge is -2.23. The Morgan fingerprint density at radius 3 is 2.43 bits per heavy atom. The third-order valence-electron chi connectivity index (χ3n) is 3.50. The molecule has 0 saturated heterocycles. The Labute approximate surface area is 88.1 Å². The molecule has 0 aromatic heterocycles. The van der Waals surface area contributed by atoms with Crippen LogP contribution in [0.1, 0.15) is 52.9 Å². The van der Waals surface area contributed by atoms with E-state index >= 15 is 0 Å². The minimum Gasteiger partial charge on any atom is -0.389 e. The van der Waals surface area contributed by atoms with Gasteiger partial charge in [-0.25, -0.2) is 0 Å². The minimum absolute atomic E-state index is 0.526. The number of aliphatic hydroxyl groups is 1. The molecule has 2 heteroatoms. The topological polar surface area (TPSA) is 32.3 Å². The van der Waals surface area contributed by atoms with Gasteiger partial charge in [-0.15, -0.1) is 0 Å². The summed E-state index contributed by atoms with van der Waals surface area (Å²) in [6, 6.07) is 0. The highest BCUT2D eigenvalue weighted by atomic mass is 16.3. The molecular weight excluding hydrogens is 174 g/mol. The molecule has 2 nitrogen and oxygen atoms in total. The molecule has 0 bridgehead atoms. The fourth-order valence-corrected chi connectivity index (χ4v) is 1.94. The predicted molar refractivity (Wildman–Crippen MR) is 60.4 cm³/mol. The van der Waals surface area contributed by atoms with E-state index in [2.05, 4.69) is 12.2 Å². The monoisotopic (exact) mass is 199 g/mol. The van der Waals surface area contributed by atoms with Crippen molar-refractivity contribution in [2.24, 2.45) is 5.41 Å². The van der Waals surface area contributed by atoms with Gasteiger partial charge < -0.3 is 10.4 Å². The van der Waals surface area contributed by atoms with Crippen LogP contribution in [0.25, 0.3) is 0 Å². The van der Waals surface area contributed by atoms with Gasteiger partial charge in [-0.1, -0.05) is 20.3 Å². The summed E-state index contributed by atoms with van der Waals surface area (Å²) in [5.41, 5.74) is 0.0703. The molecule has 1 saturated carbocycles. The predicted octanol–water partition coefficient (Wildman–Crippen LogP) is 2.32. The Morgan fingerprint density at radius 1 is 1.36 bits per heavy atom. The summed E-state index contributed by atoms with van der Waals surface area (Å²) in [6.45, 7) is 8.01. The molecule has 0 aromatic rings. The Hall–Kier alpha value is -0.0800. The van der Waals surface area contributed by atoms with Crippen LogP contribution in [0.2, 0.25) is 0 Å². The minimum atomic E-state index is -0.526. The van der Waals surface area contributed by atoms with Crippen LogP contribution in [0.15, 0.2) is 0 Å². The van der Waals surface area contributed by atoms with Crippen LogP contribution in [0.4, 0.5) is 0 Å². The van der Waals surface area contributed by atoms with Gasteiger partial charge in [0.1, 0.15) is 0 Å². The van der Waals surface area contributed by atoms with Gasteiger partial charge in [-0.3, -0.25) is 0 Å². The van der Waals surface area contributed by atoms with Gasteiger partial charge in [0.05, 0.1) is 5.60 Å². The molecule has 0 spiro atoms. The molecule has 1 fully saturated rings. The number of hydrogen-bond donors (Lipinski definition) is 2. The molecule has 1 aliphatic rings. The molecule has 0 amide bonds. The zero-order chi connectivity index (χ0) is 10.7. The maximum Gasteiger partial charge on any atom is 0.0740 e. The Kier molecular flexibility index (Phi) is 3.96. The van der Waals surface area contributed by atoms with Crippen molar-refractivity contribution in [1.82, 2.24) is 5.32 Å². The molecule has 1 unspecified atom stereocenters. The van der Waals surface area contributed by atoms with E-state index in [1.165, 1.54) is 25.7 Å². The fourth-order valence-electron chi connectivity index (χ4n) is 1.94. The molecular formula is C12H25NO. The first-order valence-electron chi connectivity index (χ1n) is 5.97. The van der Waals surface area contributed by atoms with Crippen molar-refractivity contribution in [3.63, 3.8) is 0 Å². The van der Waals surface area contributed by atoms with Crippen LogP contribution in [0.3, 0.4) is 0 Å². The quantitative estimate of drug-likeness (QED) is 0.659. The largest absolute Gasteiger partial charge is 0.389 e. The van der Waals surface area contributed by atoms with Crippen LogP contribution in [-0.4, -0.2) is 23.8 Å². The third-order valence-corrected chi connectivity index (χ3v) is 3.50. The summed E-state index contributed by atoms with van der Waals surface area (Å²) in [5, 5.41) is 13.2. The van der Waals surface area contributed by atoms with Crippen molar-refractivity contribution >= 4 is 0 Å². The molecule has 84 valence electrons. The lowest BCUT2D eigenvalue weighted by molar-refractivity contribution is 0.0545. The molecule has 0 heterocycles. The summed E-state index contributed by atoms with van der Waals surface area (Å²) < 4.78 is 0. The first-order valence-corrected chi connectivity index (χ1v) is 5.97. The average molecular weight is 199 g/mol. The summed E-state index contributed by atoms with van der Waals surface area (Å²) in [4.78, 5) is 0. The van der Waals surface area contributed by atoms with Gasteiger partial charge in [0, 0.05) is 13.1 Å². The maximum absolute atomic E-state index is 9.81. The number of nitrogens with one attached hydrogen (secondary N) is 1. The second-order valence-electron chi connectivity index (χ2n) is 5.20. The van der Waals surface area contributed by atoms with E-state index in [1.807, 2.05) is 13.8 Å². The standard InChI is InChI=1S/C12H25NO/c1-4-6-12(7-8-12)10-13-9-11(3,14)5-2/h13-14H,4-10H2,1-3H3. The van der Waals surface area contributed by atoms with Crippen molar-refractivity contribution in [2.45, 2.75) is 58.5 Å². The van der Waals surface area contributed by atoms with E-state index in [-0.39, 0.29) is 0 Å². The van der Waals surface area contributed by atoms with E-state index in [4.69, 9.17) is 0 Å². The highest BCUT2D eigenvalue weighted by molar-refractivity contribution is 4.94. The van der Waals surface area contributed by atoms with Gasteiger partial charge in [-0.2, -0.15) is 0 Å². The lowest BCUT2D eigenvalue weighted by atomic mass is 9.99. The first kappa shape index (κ1) is 12.0. The van der Waals surface area contributed by atoms with Gasteiger partial charge in [-0.05, 0) is 38.0 Å². The fraction of sp³-hybridized carbons (Fsp3) is 1.00. The van der Waals surface area contributed by atoms with Crippen molar-refractivity contribution in [2.75, 3.05) is 13.1 Å². The van der Waals surface area contributed by atoms with Crippen LogP contribution in [-0.2, 0) is 0 Å². The van der Waals surface area contributed by atoms with E-state index in [0.29, 0.717) is 5.41 Å². The summed E-state index contributed by atoms with van der Waals surface area (Å²) in [5.74, 6) is 0. The van der Waals surface area contributed by atoms with Crippen LogP contribution in [0, 0.1) is 5.41 Å². The SMILES string of the molecule is CCCC1(CNCC(C)(O)CC)CC1. The normalized spacial score (nSPS) is 23.1. The first-order chi connectivity index (χ1) is 6.54. The zero-order valence-electron chi connectivity index (χ0n) is 9.90. The van der Waals surface area contributed by atoms with E-state index in [0.717, 1.165) is 19.5 Å². The molecule has 0 aliphatic heterocycles. The van der Waals surface area contributed by atoms with Crippen molar-refractivity contribution in [3.05, 3.63) is 0 Å². The average Bonchev–Trinajstić information content (AvgIpc) is 2.86. The molecule has 14 heavy (non-hydrogen) atoms. The zero-order valence-corrected chi connectivity index (χ0v) is 9.90. The molecule has 0 radical (unpaired) electrons. The molecule has 0 aromatic carbocycles. The van der Waals surface area contributed by atoms with Gasteiger partial charge >= 0.3 is 0 Å². The van der Waals surface area contributed by atoms with Crippen molar-refractivity contribution in [1.29, 1.82) is 0 Å². The Balaban J connectivity index is 2.15. The summed E-state index contributed by atoms with van der Waals surface area (Å²) in [7, 11) is 0. The van der Waals surface area contributed by atoms with Crippen LogP contribution in [0.5, 0.6) is 0 Å². The lowest BCUT2D eigenvalue weighted by Crippen LogP contribution is -2.39. The second kappa shape index (κ2) is 4.63. The van der Waals surface area contributed by atoms with Crippen LogP contribution < -0.4 is 5.32 Å². The summed E-state index contributed by atoms with van der Waals surface area (Å²) >= 11 is 0. The van der Waals surface area contributed by atoms with Gasteiger partial charge in [0.25, 0.3) is 0 Å². The molecule has 1 aliphatic carbocycles. The second-order valence-corrected chi connectivity index (χ2v) is 5.20. The smallest absolute Gasteiger partial charge is 0.0740 e. The van der Waals surface area contributed by atoms with Gasteiger partial charge in [0.15, 0.2) is 0 Å². The summed E-state index contributed by atoms with van der Waals surface area (Å²) in [6.07, 6.45) is 6.20. The molecule has 1 rings (SSSR count). The Bertz CT molecular complexity index is 173. The van der Waals surface area contributed by atoms with E-state index < -0.39 is 5.60 Å². The Morgan fingerprint density at radius 2 is 2.00 bits per heavy atom. The number of rotatable bonds is 7. The maximum atomic E-state index is 9.81. The highest BCUT2D eigenvalue weighted by Crippen LogP contribution is 2.48. The molecule has 1 atom stereocenters. The van der Waals surface area contributed by atoms with Crippen molar-refractivity contribution < 1.29 is 5.11 Å². The third kappa shape index (κ3) is 3.58. The van der Waals surface area contributed by atoms with E-state index in [1.54, 1.807) is 0 Å². The highest BCUT2D eigenvalue weighted by Gasteiger charge is 2.41. The van der Waals surface area contributed by atoms with Crippen molar-refractivity contribution in [3.8, 4) is 0 Å². The molecule has 2 N–H and O–H groups in total. The number of hydrogen-bond acceptors (Lipinski definition) is 2. The van der Waals surface area contributed by atoms with E-state index in [9.17, 15) is 5.11 Å². The van der Waals surface area contributed by atoms with Gasteiger partial charge in [0.2, 0.25) is 0 Å². The van der Waals surface area contributed by atoms with Crippen LogP contribution >= 0.6 is 0 Å².